The van der Waals surface area contributed by atoms with Gasteiger partial charge in [-0.1, -0.05) is 12.1 Å². The zero-order chi connectivity index (χ0) is 14.5. The molecule has 20 heavy (non-hydrogen) atoms. The molecule has 0 atom stereocenters. The fourth-order valence-electron chi connectivity index (χ4n) is 2.07. The fraction of sp³-hybridized carbons (Fsp3) is 0.333. The molecule has 0 saturated carbocycles. The predicted octanol–water partition coefficient (Wildman–Crippen LogP) is 1.84. The number of imidazole rings is 1. The van der Waals surface area contributed by atoms with E-state index in [0.29, 0.717) is 5.56 Å². The summed E-state index contributed by atoms with van der Waals surface area (Å²) in [6, 6.07) is 7.49. The molecule has 1 aromatic carbocycles. The van der Waals surface area contributed by atoms with Crippen molar-refractivity contribution in [3.63, 3.8) is 0 Å². The number of hydrogen-bond acceptors (Lipinski definition) is 4. The minimum absolute atomic E-state index is 0.307. The highest BCUT2D eigenvalue weighted by Crippen LogP contribution is 2.10. The van der Waals surface area contributed by atoms with Gasteiger partial charge in [-0.25, -0.2) is 9.78 Å². The summed E-state index contributed by atoms with van der Waals surface area (Å²) in [5.74, 6) is 0.704. The van der Waals surface area contributed by atoms with Crippen LogP contribution in [-0.4, -0.2) is 34.6 Å². The standard InChI is InChI=1S/C15H19N3O2/c1-17(11-14-16-7-8-18(14)2)10-12-5-4-6-13(9-12)15(19)20-3/h4-9H,10-11H2,1-3H3. The monoisotopic (exact) mass is 273 g/mol. The van der Waals surface area contributed by atoms with Crippen molar-refractivity contribution in [2.45, 2.75) is 13.1 Å². The summed E-state index contributed by atoms with van der Waals surface area (Å²) in [6.45, 7) is 1.50. The third-order valence-electron chi connectivity index (χ3n) is 3.13. The van der Waals surface area contributed by atoms with Crippen molar-refractivity contribution in [3.8, 4) is 0 Å². The number of nitrogens with zero attached hydrogens (tertiary/aromatic N) is 3. The molecular formula is C15H19N3O2. The van der Waals surface area contributed by atoms with Gasteiger partial charge in [0.1, 0.15) is 5.82 Å². The highest BCUT2D eigenvalue weighted by atomic mass is 16.5. The molecule has 1 aromatic heterocycles. The van der Waals surface area contributed by atoms with E-state index >= 15 is 0 Å². The lowest BCUT2D eigenvalue weighted by atomic mass is 10.1. The maximum atomic E-state index is 11.5. The Morgan fingerprint density at radius 1 is 1.40 bits per heavy atom. The number of hydrogen-bond donors (Lipinski definition) is 0. The molecular weight excluding hydrogens is 254 g/mol. The summed E-state index contributed by atoms with van der Waals surface area (Å²) < 4.78 is 6.73. The first-order chi connectivity index (χ1) is 9.60. The van der Waals surface area contributed by atoms with Crippen LogP contribution in [0.1, 0.15) is 21.7 Å². The number of carbonyl (C=O) groups excluding carboxylic acids is 1. The van der Waals surface area contributed by atoms with E-state index in [4.69, 9.17) is 4.74 Å². The molecule has 2 rings (SSSR count). The molecule has 0 fully saturated rings. The lowest BCUT2D eigenvalue weighted by Crippen LogP contribution is -2.19. The third kappa shape index (κ3) is 3.45. The van der Waals surface area contributed by atoms with Crippen molar-refractivity contribution in [1.82, 2.24) is 14.5 Å². The van der Waals surface area contributed by atoms with Gasteiger partial charge in [0.15, 0.2) is 0 Å². The van der Waals surface area contributed by atoms with Crippen LogP contribution in [0, 0.1) is 0 Å². The average molecular weight is 273 g/mol. The minimum Gasteiger partial charge on any atom is -0.465 e. The van der Waals surface area contributed by atoms with Crippen molar-refractivity contribution < 1.29 is 9.53 Å². The Balaban J connectivity index is 2.02. The summed E-state index contributed by atoms with van der Waals surface area (Å²) in [5.41, 5.74) is 1.65. The molecule has 106 valence electrons. The second-order valence-corrected chi connectivity index (χ2v) is 4.82. The molecule has 0 spiro atoms. The molecule has 0 bridgehead atoms. The van der Waals surface area contributed by atoms with Gasteiger partial charge < -0.3 is 9.30 Å². The Morgan fingerprint density at radius 3 is 2.85 bits per heavy atom. The van der Waals surface area contributed by atoms with Crippen molar-refractivity contribution in [3.05, 3.63) is 53.6 Å². The van der Waals surface area contributed by atoms with E-state index in [9.17, 15) is 4.79 Å². The Labute approximate surface area is 118 Å². The van der Waals surface area contributed by atoms with Gasteiger partial charge in [0.05, 0.1) is 19.2 Å². The average Bonchev–Trinajstić information content (AvgIpc) is 2.83. The molecule has 5 heteroatoms. The number of carbonyl (C=O) groups is 1. The maximum Gasteiger partial charge on any atom is 0.337 e. The molecule has 0 radical (unpaired) electrons. The van der Waals surface area contributed by atoms with Crippen molar-refractivity contribution in [2.75, 3.05) is 14.2 Å². The van der Waals surface area contributed by atoms with E-state index in [0.717, 1.165) is 24.5 Å². The summed E-state index contributed by atoms with van der Waals surface area (Å²) in [5, 5.41) is 0. The molecule has 0 saturated heterocycles. The highest BCUT2D eigenvalue weighted by Gasteiger charge is 2.08. The lowest BCUT2D eigenvalue weighted by molar-refractivity contribution is 0.0600. The van der Waals surface area contributed by atoms with Gasteiger partial charge in [0.2, 0.25) is 0 Å². The van der Waals surface area contributed by atoms with E-state index in [-0.39, 0.29) is 5.97 Å². The molecule has 0 aliphatic heterocycles. The predicted molar refractivity (Wildman–Crippen MR) is 76.2 cm³/mol. The van der Waals surface area contributed by atoms with Crippen molar-refractivity contribution in [2.24, 2.45) is 7.05 Å². The van der Waals surface area contributed by atoms with Crippen LogP contribution in [0.15, 0.2) is 36.7 Å². The van der Waals surface area contributed by atoms with Gasteiger partial charge >= 0.3 is 5.97 Å². The van der Waals surface area contributed by atoms with Gasteiger partial charge in [0.25, 0.3) is 0 Å². The zero-order valence-corrected chi connectivity index (χ0v) is 12.0. The van der Waals surface area contributed by atoms with E-state index < -0.39 is 0 Å². The summed E-state index contributed by atoms with van der Waals surface area (Å²) in [4.78, 5) is 18.0. The van der Waals surface area contributed by atoms with Crippen LogP contribution in [0.3, 0.4) is 0 Å². The zero-order valence-electron chi connectivity index (χ0n) is 12.0. The summed E-state index contributed by atoms with van der Waals surface area (Å²) in [7, 11) is 5.40. The third-order valence-corrected chi connectivity index (χ3v) is 3.13. The molecule has 0 amide bonds. The number of esters is 1. The minimum atomic E-state index is -0.307. The van der Waals surface area contributed by atoms with Crippen LogP contribution >= 0.6 is 0 Å². The smallest absolute Gasteiger partial charge is 0.337 e. The van der Waals surface area contributed by atoms with E-state index in [1.807, 2.05) is 43.1 Å². The maximum absolute atomic E-state index is 11.5. The number of aryl methyl sites for hydroxylation is 1. The van der Waals surface area contributed by atoms with E-state index in [1.165, 1.54) is 7.11 Å². The molecule has 0 aliphatic carbocycles. The number of methoxy groups -OCH3 is 1. The second kappa shape index (κ2) is 6.34. The quantitative estimate of drug-likeness (QED) is 0.780. The van der Waals surface area contributed by atoms with Crippen LogP contribution in [0.5, 0.6) is 0 Å². The highest BCUT2D eigenvalue weighted by molar-refractivity contribution is 5.89. The van der Waals surface area contributed by atoms with Crippen molar-refractivity contribution in [1.29, 1.82) is 0 Å². The molecule has 5 nitrogen and oxygen atoms in total. The normalized spacial score (nSPS) is 10.8. The first-order valence-electron chi connectivity index (χ1n) is 6.42. The first kappa shape index (κ1) is 14.3. The summed E-state index contributed by atoms with van der Waals surface area (Å²) in [6.07, 6.45) is 3.72. The number of aromatic nitrogens is 2. The second-order valence-electron chi connectivity index (χ2n) is 4.82. The number of rotatable bonds is 5. The lowest BCUT2D eigenvalue weighted by Gasteiger charge is -2.16. The van der Waals surface area contributed by atoms with E-state index in [2.05, 4.69) is 9.88 Å². The van der Waals surface area contributed by atoms with Crippen molar-refractivity contribution >= 4 is 5.97 Å². The van der Waals surface area contributed by atoms with Gasteiger partial charge in [-0.15, -0.1) is 0 Å². The van der Waals surface area contributed by atoms with Gasteiger partial charge in [-0.2, -0.15) is 0 Å². The van der Waals surface area contributed by atoms with Crippen LogP contribution in [0.4, 0.5) is 0 Å². The van der Waals surface area contributed by atoms with Crippen LogP contribution in [0.2, 0.25) is 0 Å². The van der Waals surface area contributed by atoms with Gasteiger partial charge in [-0.3, -0.25) is 4.90 Å². The Morgan fingerprint density at radius 2 is 2.20 bits per heavy atom. The number of benzene rings is 1. The molecule has 0 unspecified atom stereocenters. The Kier molecular flexibility index (Phi) is 4.53. The van der Waals surface area contributed by atoms with Gasteiger partial charge in [0, 0.05) is 26.0 Å². The number of ether oxygens (including phenoxy) is 1. The topological polar surface area (TPSA) is 47.4 Å². The molecule has 1 heterocycles. The van der Waals surface area contributed by atoms with Crippen LogP contribution in [-0.2, 0) is 24.9 Å². The van der Waals surface area contributed by atoms with Crippen LogP contribution in [0.25, 0.3) is 0 Å². The SMILES string of the molecule is COC(=O)c1cccc(CN(C)Cc2nccn2C)c1. The molecule has 0 N–H and O–H groups in total. The fourth-order valence-corrected chi connectivity index (χ4v) is 2.07. The largest absolute Gasteiger partial charge is 0.465 e. The molecule has 0 aliphatic rings. The van der Waals surface area contributed by atoms with E-state index in [1.54, 1.807) is 12.3 Å². The Hall–Kier alpha value is -2.14. The first-order valence-corrected chi connectivity index (χ1v) is 6.42. The van der Waals surface area contributed by atoms with Gasteiger partial charge in [-0.05, 0) is 24.7 Å². The molecule has 2 aromatic rings. The van der Waals surface area contributed by atoms with Crippen LogP contribution < -0.4 is 0 Å². The summed E-state index contributed by atoms with van der Waals surface area (Å²) >= 11 is 0. The Bertz CT molecular complexity index is 592.